The van der Waals surface area contributed by atoms with Crippen LogP contribution in [0.15, 0.2) is 17.5 Å². The zero-order chi connectivity index (χ0) is 12.3. The fraction of sp³-hybridized carbons (Fsp3) is 0.692. The van der Waals surface area contributed by atoms with Gasteiger partial charge in [0.05, 0.1) is 6.10 Å². The van der Waals surface area contributed by atoms with Crippen molar-refractivity contribution in [2.75, 3.05) is 13.2 Å². The maximum Gasteiger partial charge on any atom is 0.105 e. The molecule has 1 saturated heterocycles. The monoisotopic (exact) mass is 255 g/mol. The standard InChI is InChI=1S/C13H21NO2S/c1-3-11(12-5-4-8-17-12)14-9-13(15)6-7-16-10(13)2/h4-5,8,10-11,14-15H,3,6-7,9H2,1-2H3. The molecule has 0 bridgehead atoms. The molecule has 4 heteroatoms. The Balaban J connectivity index is 1.92. The molecule has 1 aliphatic rings. The first kappa shape index (κ1) is 13.0. The summed E-state index contributed by atoms with van der Waals surface area (Å²) in [5.74, 6) is 0. The van der Waals surface area contributed by atoms with E-state index in [1.54, 1.807) is 11.3 Å². The van der Waals surface area contributed by atoms with E-state index in [1.165, 1.54) is 4.88 Å². The van der Waals surface area contributed by atoms with E-state index in [4.69, 9.17) is 4.74 Å². The second-order valence-corrected chi connectivity index (χ2v) is 5.70. The van der Waals surface area contributed by atoms with Gasteiger partial charge in [-0.25, -0.2) is 0 Å². The van der Waals surface area contributed by atoms with Gasteiger partial charge in [-0.15, -0.1) is 11.3 Å². The van der Waals surface area contributed by atoms with E-state index in [0.29, 0.717) is 19.2 Å². The molecule has 17 heavy (non-hydrogen) atoms. The molecule has 0 amide bonds. The minimum absolute atomic E-state index is 0.0733. The van der Waals surface area contributed by atoms with Crippen molar-refractivity contribution in [1.82, 2.24) is 5.32 Å². The van der Waals surface area contributed by atoms with E-state index in [9.17, 15) is 5.11 Å². The van der Waals surface area contributed by atoms with Gasteiger partial charge in [-0.3, -0.25) is 0 Å². The summed E-state index contributed by atoms with van der Waals surface area (Å²) in [4.78, 5) is 1.34. The molecule has 1 fully saturated rings. The van der Waals surface area contributed by atoms with E-state index in [-0.39, 0.29) is 6.10 Å². The van der Waals surface area contributed by atoms with Crippen LogP contribution in [0, 0.1) is 0 Å². The van der Waals surface area contributed by atoms with Crippen molar-refractivity contribution in [3.05, 3.63) is 22.4 Å². The smallest absolute Gasteiger partial charge is 0.105 e. The number of thiophene rings is 1. The van der Waals surface area contributed by atoms with Gasteiger partial charge in [0.25, 0.3) is 0 Å². The molecule has 3 nitrogen and oxygen atoms in total. The zero-order valence-corrected chi connectivity index (χ0v) is 11.3. The highest BCUT2D eigenvalue weighted by Crippen LogP contribution is 2.27. The van der Waals surface area contributed by atoms with Crippen molar-refractivity contribution in [3.8, 4) is 0 Å². The summed E-state index contributed by atoms with van der Waals surface area (Å²) in [6.07, 6.45) is 1.68. The van der Waals surface area contributed by atoms with E-state index < -0.39 is 5.60 Å². The molecule has 0 saturated carbocycles. The second-order valence-electron chi connectivity index (χ2n) is 4.72. The Hall–Kier alpha value is -0.420. The minimum Gasteiger partial charge on any atom is -0.386 e. The lowest BCUT2D eigenvalue weighted by Gasteiger charge is -2.28. The van der Waals surface area contributed by atoms with E-state index in [0.717, 1.165) is 12.8 Å². The molecule has 2 heterocycles. The normalized spacial score (nSPS) is 30.6. The SMILES string of the molecule is CCC(NCC1(O)CCOC1C)c1cccs1. The number of rotatable bonds is 5. The van der Waals surface area contributed by atoms with Gasteiger partial charge in [-0.05, 0) is 24.8 Å². The maximum atomic E-state index is 10.4. The molecule has 3 atom stereocenters. The molecule has 0 aliphatic carbocycles. The number of aliphatic hydroxyl groups is 1. The minimum atomic E-state index is -0.704. The van der Waals surface area contributed by atoms with Crippen LogP contribution in [0.3, 0.4) is 0 Å². The van der Waals surface area contributed by atoms with Gasteiger partial charge in [-0.1, -0.05) is 13.0 Å². The third-order valence-corrected chi connectivity index (χ3v) is 4.59. The lowest BCUT2D eigenvalue weighted by molar-refractivity contribution is -0.0277. The molecule has 3 unspecified atom stereocenters. The molecular formula is C13H21NO2S. The fourth-order valence-electron chi connectivity index (χ4n) is 2.24. The van der Waals surface area contributed by atoms with E-state index in [2.05, 4.69) is 29.8 Å². The lowest BCUT2D eigenvalue weighted by atomic mass is 9.96. The predicted octanol–water partition coefficient (Wildman–Crippen LogP) is 2.33. The number of hydrogen-bond acceptors (Lipinski definition) is 4. The van der Waals surface area contributed by atoms with Gasteiger partial charge >= 0.3 is 0 Å². The maximum absolute atomic E-state index is 10.4. The van der Waals surface area contributed by atoms with Crippen LogP contribution in [0.5, 0.6) is 0 Å². The van der Waals surface area contributed by atoms with Gasteiger partial charge < -0.3 is 15.2 Å². The summed E-state index contributed by atoms with van der Waals surface area (Å²) in [6, 6.07) is 4.55. The first-order valence-corrected chi connectivity index (χ1v) is 7.14. The Labute approximate surface area is 107 Å². The highest BCUT2D eigenvalue weighted by Gasteiger charge is 2.39. The van der Waals surface area contributed by atoms with Gasteiger partial charge in [0.1, 0.15) is 5.60 Å². The molecule has 0 aromatic carbocycles. The molecular weight excluding hydrogens is 234 g/mol. The average Bonchev–Trinajstić information content (AvgIpc) is 2.92. The molecule has 1 aliphatic heterocycles. The van der Waals surface area contributed by atoms with Crippen molar-refractivity contribution in [2.24, 2.45) is 0 Å². The van der Waals surface area contributed by atoms with E-state index in [1.807, 2.05) is 6.92 Å². The van der Waals surface area contributed by atoms with Gasteiger partial charge in [0.15, 0.2) is 0 Å². The zero-order valence-electron chi connectivity index (χ0n) is 10.5. The van der Waals surface area contributed by atoms with Crippen LogP contribution in [0.4, 0.5) is 0 Å². The predicted molar refractivity (Wildman–Crippen MR) is 70.3 cm³/mol. The molecule has 1 aromatic rings. The quantitative estimate of drug-likeness (QED) is 0.848. The Morgan fingerprint density at radius 1 is 1.71 bits per heavy atom. The average molecular weight is 255 g/mol. The van der Waals surface area contributed by atoms with Gasteiger partial charge in [0, 0.05) is 30.5 Å². The number of nitrogens with one attached hydrogen (secondary N) is 1. The summed E-state index contributed by atoms with van der Waals surface area (Å²) >= 11 is 1.76. The number of hydrogen-bond donors (Lipinski definition) is 2. The summed E-state index contributed by atoms with van der Waals surface area (Å²) in [5, 5.41) is 16.0. The van der Waals surface area contributed by atoms with Crippen LogP contribution >= 0.6 is 11.3 Å². The van der Waals surface area contributed by atoms with Crippen molar-refractivity contribution in [3.63, 3.8) is 0 Å². The largest absolute Gasteiger partial charge is 0.386 e. The summed E-state index contributed by atoms with van der Waals surface area (Å²) < 4.78 is 5.44. The first-order valence-electron chi connectivity index (χ1n) is 6.26. The third kappa shape index (κ3) is 2.88. The Morgan fingerprint density at radius 3 is 3.06 bits per heavy atom. The highest BCUT2D eigenvalue weighted by molar-refractivity contribution is 7.10. The van der Waals surface area contributed by atoms with Crippen molar-refractivity contribution in [2.45, 2.75) is 44.4 Å². The molecule has 96 valence electrons. The van der Waals surface area contributed by atoms with Crippen LogP contribution in [-0.4, -0.2) is 30.0 Å². The Morgan fingerprint density at radius 2 is 2.53 bits per heavy atom. The van der Waals surface area contributed by atoms with Crippen molar-refractivity contribution < 1.29 is 9.84 Å². The second kappa shape index (κ2) is 5.48. The van der Waals surface area contributed by atoms with Crippen molar-refractivity contribution in [1.29, 1.82) is 0 Å². The fourth-order valence-corrected chi connectivity index (χ4v) is 3.12. The van der Waals surface area contributed by atoms with Crippen molar-refractivity contribution >= 4 is 11.3 Å². The summed E-state index contributed by atoms with van der Waals surface area (Å²) in [5.41, 5.74) is -0.704. The van der Waals surface area contributed by atoms with Crippen LogP contribution < -0.4 is 5.32 Å². The van der Waals surface area contributed by atoms with Crippen LogP contribution in [-0.2, 0) is 4.74 Å². The Bertz CT molecular complexity index is 341. The summed E-state index contributed by atoms with van der Waals surface area (Å²) in [7, 11) is 0. The number of ether oxygens (including phenoxy) is 1. The Kier molecular flexibility index (Phi) is 4.20. The van der Waals surface area contributed by atoms with Gasteiger partial charge in [-0.2, -0.15) is 0 Å². The van der Waals surface area contributed by atoms with Crippen LogP contribution in [0.25, 0.3) is 0 Å². The summed E-state index contributed by atoms with van der Waals surface area (Å²) in [6.45, 7) is 5.37. The topological polar surface area (TPSA) is 41.5 Å². The third-order valence-electron chi connectivity index (χ3n) is 3.61. The molecule has 2 N–H and O–H groups in total. The molecule has 0 radical (unpaired) electrons. The molecule has 0 spiro atoms. The molecule has 2 rings (SSSR count). The van der Waals surface area contributed by atoms with Crippen LogP contribution in [0.2, 0.25) is 0 Å². The first-order chi connectivity index (χ1) is 8.15. The van der Waals surface area contributed by atoms with Gasteiger partial charge in [0.2, 0.25) is 0 Å². The lowest BCUT2D eigenvalue weighted by Crippen LogP contribution is -2.46. The highest BCUT2D eigenvalue weighted by atomic mass is 32.1. The molecule has 1 aromatic heterocycles. The van der Waals surface area contributed by atoms with E-state index >= 15 is 0 Å². The van der Waals surface area contributed by atoms with Crippen LogP contribution in [0.1, 0.15) is 37.6 Å².